The van der Waals surface area contributed by atoms with Crippen molar-refractivity contribution in [1.29, 1.82) is 0 Å². The zero-order valence-electron chi connectivity index (χ0n) is 14.6. The molecule has 0 atom stereocenters. The first-order valence-corrected chi connectivity index (χ1v) is 9.88. The molecular formula is C18H14N7S2. The number of para-hydroxylation sites is 2. The van der Waals surface area contributed by atoms with Crippen molar-refractivity contribution in [2.45, 2.75) is 0 Å². The van der Waals surface area contributed by atoms with E-state index in [0.29, 0.717) is 12.2 Å². The van der Waals surface area contributed by atoms with Gasteiger partial charge in [0, 0.05) is 14.1 Å². The Morgan fingerprint density at radius 2 is 1.30 bits per heavy atom. The topological polar surface area (TPSA) is 71.7 Å². The number of thiazole rings is 2. The number of hydrogen-bond acceptors (Lipinski definition) is 7. The Labute approximate surface area is 162 Å². The minimum absolute atomic E-state index is 0.319. The van der Waals surface area contributed by atoms with Gasteiger partial charge < -0.3 is 9.13 Å². The molecule has 2 aromatic carbocycles. The normalized spacial score (nSPS) is 16.1. The minimum atomic E-state index is 0.319. The fourth-order valence-electron chi connectivity index (χ4n) is 2.87. The Balaban J connectivity index is 1.53. The standard InChI is InChI=1S/C18H14N7S2/c1-24-11-7-3-5-9-13(11)26-17(24)20-15-19-16(23-22-15)21-18-25(2)12-8-4-6-10-14(12)27-18/h3-10H,1-2H3/b20-17-,21-18-. The number of aryl methyl sites for hydroxylation is 2. The van der Waals surface area contributed by atoms with Gasteiger partial charge in [0.05, 0.1) is 20.4 Å². The molecule has 5 rings (SSSR count). The zero-order valence-corrected chi connectivity index (χ0v) is 16.2. The molecule has 0 saturated heterocycles. The zero-order chi connectivity index (χ0) is 18.4. The maximum atomic E-state index is 4.54. The molecule has 0 bridgehead atoms. The van der Waals surface area contributed by atoms with Gasteiger partial charge in [-0.2, -0.15) is 15.0 Å². The van der Waals surface area contributed by atoms with Crippen LogP contribution in [0.5, 0.6) is 0 Å². The van der Waals surface area contributed by atoms with E-state index < -0.39 is 0 Å². The van der Waals surface area contributed by atoms with Gasteiger partial charge in [-0.15, -0.1) is 10.2 Å². The second kappa shape index (κ2) is 6.36. The van der Waals surface area contributed by atoms with Crippen LogP contribution in [0.4, 0.5) is 0 Å². The van der Waals surface area contributed by atoms with E-state index in [4.69, 9.17) is 0 Å². The molecular weight excluding hydrogens is 378 g/mol. The summed E-state index contributed by atoms with van der Waals surface area (Å²) in [6.07, 6.45) is 0.319. The molecule has 0 saturated carbocycles. The predicted molar refractivity (Wildman–Crippen MR) is 108 cm³/mol. The SMILES string of the molecule is Cn1/c(=N/[C]2N=NC(/N=c3\sc4ccccc4n3C)=N2)sc2ccccc21. The van der Waals surface area contributed by atoms with Gasteiger partial charge in [-0.05, 0) is 24.3 Å². The highest BCUT2D eigenvalue weighted by molar-refractivity contribution is 7.16. The van der Waals surface area contributed by atoms with E-state index in [1.807, 2.05) is 47.5 Å². The van der Waals surface area contributed by atoms with Gasteiger partial charge in [-0.25, -0.2) is 0 Å². The molecule has 0 N–H and O–H groups in total. The summed E-state index contributed by atoms with van der Waals surface area (Å²) in [7, 11) is 3.97. The summed E-state index contributed by atoms with van der Waals surface area (Å²) in [4.78, 5) is 15.1. The van der Waals surface area contributed by atoms with Crippen LogP contribution in [0.2, 0.25) is 0 Å². The monoisotopic (exact) mass is 392 g/mol. The van der Waals surface area contributed by atoms with Gasteiger partial charge in [0.25, 0.3) is 5.96 Å². The largest absolute Gasteiger partial charge is 0.339 e. The molecule has 7 nitrogen and oxygen atoms in total. The number of guanidine groups is 1. The summed E-state index contributed by atoms with van der Waals surface area (Å²) in [5, 5.41) is 8.14. The average Bonchev–Trinajstić information content (AvgIpc) is 3.35. The summed E-state index contributed by atoms with van der Waals surface area (Å²) in [5.41, 5.74) is 2.26. The van der Waals surface area contributed by atoms with Crippen molar-refractivity contribution < 1.29 is 0 Å². The Kier molecular flexibility index (Phi) is 3.83. The molecule has 1 radical (unpaired) electrons. The maximum absolute atomic E-state index is 4.54. The number of aromatic nitrogens is 2. The molecule has 2 aromatic heterocycles. The predicted octanol–water partition coefficient (Wildman–Crippen LogP) is 3.56. The van der Waals surface area contributed by atoms with Crippen LogP contribution in [0.1, 0.15) is 0 Å². The molecule has 0 fully saturated rings. The molecule has 0 spiro atoms. The first kappa shape index (κ1) is 16.3. The molecule has 0 unspecified atom stereocenters. The molecule has 4 aromatic rings. The van der Waals surface area contributed by atoms with Crippen LogP contribution in [-0.4, -0.2) is 15.1 Å². The van der Waals surface area contributed by atoms with Gasteiger partial charge in [0.1, 0.15) is 0 Å². The van der Waals surface area contributed by atoms with Crippen LogP contribution >= 0.6 is 22.7 Å². The van der Waals surface area contributed by atoms with Crippen LogP contribution in [0.15, 0.2) is 73.7 Å². The second-order valence-electron chi connectivity index (χ2n) is 5.96. The summed E-state index contributed by atoms with van der Waals surface area (Å²) >= 11 is 3.19. The highest BCUT2D eigenvalue weighted by atomic mass is 32.1. The second-order valence-corrected chi connectivity index (χ2v) is 7.98. The fourth-order valence-corrected chi connectivity index (χ4v) is 4.90. The van der Waals surface area contributed by atoms with Crippen molar-refractivity contribution in [2.75, 3.05) is 0 Å². The van der Waals surface area contributed by atoms with Crippen molar-refractivity contribution in [1.82, 2.24) is 9.13 Å². The van der Waals surface area contributed by atoms with Crippen LogP contribution < -0.4 is 9.60 Å². The number of fused-ring (bicyclic) bond motifs is 2. The van der Waals surface area contributed by atoms with E-state index in [9.17, 15) is 0 Å². The molecule has 9 heteroatoms. The molecule has 1 aliphatic heterocycles. The first-order chi connectivity index (χ1) is 13.2. The van der Waals surface area contributed by atoms with E-state index in [1.54, 1.807) is 22.7 Å². The van der Waals surface area contributed by atoms with Gasteiger partial charge in [0.15, 0.2) is 9.60 Å². The van der Waals surface area contributed by atoms with E-state index in [-0.39, 0.29) is 0 Å². The van der Waals surface area contributed by atoms with E-state index >= 15 is 0 Å². The van der Waals surface area contributed by atoms with E-state index in [2.05, 4.69) is 49.5 Å². The lowest BCUT2D eigenvalue weighted by molar-refractivity contribution is 0.841. The number of rotatable bonds is 1. The smallest absolute Gasteiger partial charge is 0.320 e. The number of hydrogen-bond donors (Lipinski definition) is 0. The third kappa shape index (κ3) is 2.84. The molecule has 27 heavy (non-hydrogen) atoms. The lowest BCUT2D eigenvalue weighted by Gasteiger charge is -1.94. The molecule has 0 aliphatic carbocycles. The van der Waals surface area contributed by atoms with Crippen LogP contribution in [0.25, 0.3) is 20.4 Å². The number of azo groups is 1. The van der Waals surface area contributed by atoms with Crippen LogP contribution in [0, 0.1) is 6.29 Å². The van der Waals surface area contributed by atoms with Crippen molar-refractivity contribution in [2.24, 2.45) is 39.3 Å². The Bertz CT molecular complexity index is 1360. The van der Waals surface area contributed by atoms with Gasteiger partial charge >= 0.3 is 6.29 Å². The third-order valence-corrected chi connectivity index (χ3v) is 6.48. The van der Waals surface area contributed by atoms with Gasteiger partial charge in [-0.1, -0.05) is 46.9 Å². The van der Waals surface area contributed by atoms with E-state index in [1.165, 1.54) is 9.40 Å². The Morgan fingerprint density at radius 3 is 1.89 bits per heavy atom. The average molecular weight is 392 g/mol. The maximum Gasteiger partial charge on any atom is 0.339 e. The Morgan fingerprint density at radius 1 is 0.741 bits per heavy atom. The summed E-state index contributed by atoms with van der Waals surface area (Å²) in [6.45, 7) is 0. The minimum Gasteiger partial charge on any atom is -0.320 e. The highest BCUT2D eigenvalue weighted by Gasteiger charge is 2.16. The fraction of sp³-hybridized carbons (Fsp3) is 0.111. The highest BCUT2D eigenvalue weighted by Crippen LogP contribution is 2.19. The summed E-state index contributed by atoms with van der Waals surface area (Å²) in [5.74, 6) is 0.319. The summed E-state index contributed by atoms with van der Waals surface area (Å²) < 4.78 is 6.39. The molecule has 1 aliphatic rings. The lowest BCUT2D eigenvalue weighted by Crippen LogP contribution is -2.12. The van der Waals surface area contributed by atoms with Crippen molar-refractivity contribution in [3.05, 3.63) is 64.4 Å². The van der Waals surface area contributed by atoms with Crippen LogP contribution in [-0.2, 0) is 14.1 Å². The van der Waals surface area contributed by atoms with Crippen molar-refractivity contribution in [3.8, 4) is 0 Å². The molecule has 0 amide bonds. The third-order valence-electron chi connectivity index (χ3n) is 4.25. The number of nitrogens with zero attached hydrogens (tertiary/aromatic N) is 7. The first-order valence-electron chi connectivity index (χ1n) is 8.25. The number of aliphatic imine (C=N–C) groups is 1. The van der Waals surface area contributed by atoms with Crippen LogP contribution in [0.3, 0.4) is 0 Å². The van der Waals surface area contributed by atoms with Crippen molar-refractivity contribution in [3.63, 3.8) is 0 Å². The van der Waals surface area contributed by atoms with E-state index in [0.717, 1.165) is 20.6 Å². The van der Waals surface area contributed by atoms with Gasteiger partial charge in [0.2, 0.25) is 0 Å². The lowest BCUT2D eigenvalue weighted by atomic mass is 10.3. The quantitative estimate of drug-likeness (QED) is 0.475. The number of benzene rings is 2. The Hall–Kier alpha value is -2.91. The summed E-state index contributed by atoms with van der Waals surface area (Å²) in [6, 6.07) is 16.4. The van der Waals surface area contributed by atoms with Gasteiger partial charge in [-0.3, -0.25) is 0 Å². The van der Waals surface area contributed by atoms with Crippen molar-refractivity contribution >= 4 is 49.1 Å². The molecule has 133 valence electrons. The molecule has 3 heterocycles.